The Balaban J connectivity index is 0.000000125. The minimum absolute atomic E-state index is 0.00357. The summed E-state index contributed by atoms with van der Waals surface area (Å²) in [6.45, 7) is 15.1. The molecule has 0 spiro atoms. The van der Waals surface area contributed by atoms with E-state index in [9.17, 15) is 50.8 Å². The van der Waals surface area contributed by atoms with Crippen molar-refractivity contribution in [2.75, 3.05) is 100 Å². The lowest BCUT2D eigenvalue weighted by molar-refractivity contribution is -0.130. The number of nitriles is 1. The molecule has 0 bridgehead atoms. The van der Waals surface area contributed by atoms with Gasteiger partial charge in [-0.15, -0.1) is 0 Å². The van der Waals surface area contributed by atoms with Crippen LogP contribution in [0.2, 0.25) is 0 Å². The lowest BCUT2D eigenvalue weighted by atomic mass is 10.0. The number of halogens is 10. The Morgan fingerprint density at radius 2 is 0.600 bits per heavy atom. The normalized spacial score (nSPS) is 17.9. The van der Waals surface area contributed by atoms with E-state index in [1.807, 2.05) is 24.8 Å². The summed E-state index contributed by atoms with van der Waals surface area (Å²) in [6.07, 6.45) is 3.77. The molecule has 20 rings (SSSR count). The number of aryl methyl sites for hydroxylation is 4. The third-order valence-corrected chi connectivity index (χ3v) is 25.4. The van der Waals surface area contributed by atoms with Crippen LogP contribution in [0, 0.1) is 34.6 Å². The van der Waals surface area contributed by atoms with Crippen molar-refractivity contribution < 1.29 is 82.0 Å². The molecule has 4 aromatic carbocycles. The second-order valence-corrected chi connectivity index (χ2v) is 34.4. The highest BCUT2D eigenvalue weighted by molar-refractivity contribution is 5.80. The monoisotopic (exact) mass is 1870 g/mol. The third kappa shape index (κ3) is 19.7. The van der Waals surface area contributed by atoms with Gasteiger partial charge in [0.25, 0.3) is 19.3 Å². The molecule has 4 saturated heterocycles. The zero-order valence-electron chi connectivity index (χ0n) is 75.2. The van der Waals surface area contributed by atoms with Crippen LogP contribution in [-0.4, -0.2) is 201 Å². The average Bonchev–Trinajstić information content (AvgIpc) is 1.63. The van der Waals surface area contributed by atoms with Gasteiger partial charge in [0, 0.05) is 226 Å². The molecule has 0 radical (unpaired) electrons. The number of ether oxygens (including phenoxy) is 4. The summed E-state index contributed by atoms with van der Waals surface area (Å²) in [4.78, 5) is 54.9. The number of carbonyl (C=O) groups is 4. The number of hydrogen-bond donors (Lipinski definition) is 4. The summed E-state index contributed by atoms with van der Waals surface area (Å²) >= 11 is 0. The Kier molecular flexibility index (Phi) is 27.2. The highest BCUT2D eigenvalue weighted by Gasteiger charge is 2.38. The number of rotatable bonds is 19. The highest BCUT2D eigenvalue weighted by atomic mass is 19.3. The lowest BCUT2D eigenvalue weighted by Gasteiger charge is -2.27. The van der Waals surface area contributed by atoms with Crippen LogP contribution in [0.4, 0.5) is 89.9 Å². The van der Waals surface area contributed by atoms with E-state index in [4.69, 9.17) is 39.3 Å². The number of carbonyl (C=O) groups excluding carboxylic acids is 4. The summed E-state index contributed by atoms with van der Waals surface area (Å²) in [6, 6.07) is 20.1. The molecule has 8 aromatic heterocycles. The third-order valence-electron chi connectivity index (χ3n) is 25.4. The molecule has 16 heterocycles. The van der Waals surface area contributed by atoms with Crippen LogP contribution in [0.15, 0.2) is 97.6 Å². The highest BCUT2D eigenvalue weighted by Crippen LogP contribution is 2.43. The standard InChI is InChI=1S/3C23H25F3N6O2.C23H24FN7O2/c3*1-13(33)31-7-5-20-17(11-31)23(29-32(20)15-6-8-34-12-15)27-19-4-3-14(9-18(19)24)16-10-30(2)28-21(16)22(25)26;1-14(32)30-7-5-22-18(12-30)23(28-31(22)16-6-8-33-13-16)26-20-4-3-15(9-19(20)24)17-11-29(2)27-21(17)10-25/h3*3-4,9-10,15,22H,5-8,11-12H2,1-2H3,(H,27,29);3-4,9,11,16H,5-8,12-13H2,1-2H3,(H,26,28)/t2*15-;;/m10../s1. The van der Waals surface area contributed by atoms with Gasteiger partial charge in [-0.2, -0.15) is 46.1 Å². The van der Waals surface area contributed by atoms with Crippen LogP contribution in [0.3, 0.4) is 0 Å². The molecule has 43 heteroatoms. The van der Waals surface area contributed by atoms with Crippen LogP contribution in [0.5, 0.6) is 0 Å². The Morgan fingerprint density at radius 1 is 0.363 bits per heavy atom. The van der Waals surface area contributed by atoms with E-state index in [0.717, 1.165) is 70.7 Å². The molecule has 710 valence electrons. The lowest BCUT2D eigenvalue weighted by Crippen LogP contribution is -2.35. The topological polar surface area (TPSA) is 333 Å². The zero-order valence-corrected chi connectivity index (χ0v) is 75.2. The van der Waals surface area contributed by atoms with Crippen molar-refractivity contribution in [1.29, 1.82) is 5.26 Å². The number of fused-ring (bicyclic) bond motifs is 4. The van der Waals surface area contributed by atoms with Gasteiger partial charge in [0.05, 0.1) is 99.5 Å². The van der Waals surface area contributed by atoms with Crippen molar-refractivity contribution in [2.24, 2.45) is 28.2 Å². The van der Waals surface area contributed by atoms with Gasteiger partial charge >= 0.3 is 0 Å². The van der Waals surface area contributed by atoms with Gasteiger partial charge in [-0.1, -0.05) is 24.3 Å². The zero-order chi connectivity index (χ0) is 95.1. The first-order valence-corrected chi connectivity index (χ1v) is 44.3. The molecule has 8 aliphatic rings. The fourth-order valence-corrected chi connectivity index (χ4v) is 18.4. The molecule has 4 fully saturated rings. The van der Waals surface area contributed by atoms with Crippen LogP contribution in [0.1, 0.15) is 165 Å². The van der Waals surface area contributed by atoms with Crippen molar-refractivity contribution >= 4 is 69.6 Å². The van der Waals surface area contributed by atoms with E-state index in [-0.39, 0.29) is 92.9 Å². The Hall–Kier alpha value is -13.7. The van der Waals surface area contributed by atoms with Gasteiger partial charge in [0.2, 0.25) is 23.6 Å². The van der Waals surface area contributed by atoms with Crippen molar-refractivity contribution in [2.45, 2.75) is 149 Å². The molecule has 2 unspecified atom stereocenters. The van der Waals surface area contributed by atoms with Crippen LogP contribution >= 0.6 is 0 Å². The minimum atomic E-state index is -2.77. The van der Waals surface area contributed by atoms with E-state index in [1.54, 1.807) is 91.2 Å². The smallest absolute Gasteiger partial charge is 0.282 e. The van der Waals surface area contributed by atoms with Gasteiger partial charge in [-0.3, -0.25) is 56.6 Å². The van der Waals surface area contributed by atoms with E-state index in [0.29, 0.717) is 182 Å². The second-order valence-electron chi connectivity index (χ2n) is 34.4. The van der Waals surface area contributed by atoms with Crippen molar-refractivity contribution in [3.8, 4) is 50.6 Å². The van der Waals surface area contributed by atoms with Crippen LogP contribution in [0.25, 0.3) is 44.5 Å². The summed E-state index contributed by atoms with van der Waals surface area (Å²) in [7, 11) is 6.35. The average molecular weight is 1870 g/mol. The fourth-order valence-electron chi connectivity index (χ4n) is 18.4. The van der Waals surface area contributed by atoms with E-state index in [1.165, 1.54) is 101 Å². The van der Waals surface area contributed by atoms with E-state index >= 15 is 17.6 Å². The molecule has 135 heavy (non-hydrogen) atoms. The first kappa shape index (κ1) is 93.1. The molecule has 0 saturated carbocycles. The van der Waals surface area contributed by atoms with Gasteiger partial charge in [-0.05, 0) is 96.5 Å². The molecular formula is C92H99F10N25O8. The van der Waals surface area contributed by atoms with Gasteiger partial charge in [-0.25, -0.2) is 43.9 Å². The predicted octanol–water partition coefficient (Wildman–Crippen LogP) is 14.8. The van der Waals surface area contributed by atoms with E-state index < -0.39 is 59.6 Å². The molecule has 12 aromatic rings. The maximum Gasteiger partial charge on any atom is 0.282 e. The second kappa shape index (κ2) is 39.4. The number of nitrogens with zero attached hydrogens (tertiary/aromatic N) is 21. The fraction of sp³-hybridized carbons (Fsp3) is 0.424. The molecule has 4 atom stereocenters. The first-order chi connectivity index (χ1) is 64.9. The molecule has 8 aliphatic heterocycles. The first-order valence-electron chi connectivity index (χ1n) is 44.3. The molecule has 33 nitrogen and oxygen atoms in total. The summed E-state index contributed by atoms with van der Waals surface area (Å²) < 4.78 is 176. The maximum absolute atomic E-state index is 15.1. The number of nitrogens with one attached hydrogen (secondary N) is 4. The quantitative estimate of drug-likeness (QED) is 0.0546. The predicted molar refractivity (Wildman–Crippen MR) is 473 cm³/mol. The van der Waals surface area contributed by atoms with Crippen molar-refractivity contribution in [1.82, 2.24) is 97.8 Å². The van der Waals surface area contributed by atoms with Gasteiger partial charge in [0.15, 0.2) is 29.0 Å². The molecular weight excluding hydrogens is 1770 g/mol. The molecule has 4 amide bonds. The molecule has 0 aliphatic carbocycles. The number of alkyl halides is 6. The molecule has 4 N–H and O–H groups in total. The largest absolute Gasteiger partial charge is 0.379 e. The Morgan fingerprint density at radius 3 is 0.815 bits per heavy atom. The summed E-state index contributed by atoms with van der Waals surface area (Å²) in [5, 5.41) is 56.1. The minimum Gasteiger partial charge on any atom is -0.379 e. The van der Waals surface area contributed by atoms with Crippen molar-refractivity contribution in [3.05, 3.63) is 189 Å². The number of anilines is 8. The van der Waals surface area contributed by atoms with Crippen LogP contribution in [-0.2, 0) is 118 Å². The number of hydrogen-bond acceptors (Lipinski definition) is 21. The number of aromatic nitrogens is 16. The maximum atomic E-state index is 15.1. The summed E-state index contributed by atoms with van der Waals surface area (Å²) in [5.41, 5.74) is 10.1. The van der Waals surface area contributed by atoms with E-state index in [2.05, 4.69) is 41.7 Å². The van der Waals surface area contributed by atoms with Crippen molar-refractivity contribution in [3.63, 3.8) is 0 Å². The number of amides is 4. The Bertz CT molecular complexity index is 6040. The van der Waals surface area contributed by atoms with Gasteiger partial charge < -0.3 is 59.8 Å². The van der Waals surface area contributed by atoms with Gasteiger partial charge in [0.1, 0.15) is 46.4 Å². The Labute approximate surface area is 767 Å². The van der Waals surface area contributed by atoms with Crippen LogP contribution < -0.4 is 21.3 Å². The SMILES string of the molecule is CC(=O)N1CCc2c(c(Nc3ccc(-c4cn(C)nc4C#N)cc3F)nn2C2CCOC2)C1.CC(=O)N1CCc2c(c(Nc3ccc(-c4cn(C)nc4C(F)F)cc3F)nn2C2CCOC2)C1.CC(=O)N1CCc2c(c(Nc3ccc(-c4cn(C)nc4C(F)F)cc3F)nn2[C@@H]2CCOC2)C1.CC(=O)N1CCc2c(c(Nc3ccc(-c4cn(C)nc4C(F)F)cc3F)nn2[C@H]2CCOC2)C1. The number of benzene rings is 4. The summed E-state index contributed by atoms with van der Waals surface area (Å²) in [5.74, 6) is -0.377.